The maximum absolute atomic E-state index is 13.2. The van der Waals surface area contributed by atoms with Crippen molar-refractivity contribution >= 4 is 17.9 Å². The predicted molar refractivity (Wildman–Crippen MR) is 128 cm³/mol. The van der Waals surface area contributed by atoms with E-state index in [2.05, 4.69) is 0 Å². The largest absolute Gasteiger partial charge is 0.493 e. The van der Waals surface area contributed by atoms with E-state index in [1.54, 1.807) is 51.5 Å². The fourth-order valence-electron chi connectivity index (χ4n) is 4.45. The van der Waals surface area contributed by atoms with Crippen LogP contribution < -0.4 is 18.9 Å². The first-order valence-electron chi connectivity index (χ1n) is 11.2. The molecule has 4 rings (SSSR count). The van der Waals surface area contributed by atoms with Gasteiger partial charge >= 0.3 is 0 Å². The third-order valence-corrected chi connectivity index (χ3v) is 6.40. The Morgan fingerprint density at radius 3 is 1.85 bits per heavy atom. The van der Waals surface area contributed by atoms with E-state index in [0.29, 0.717) is 61.2 Å². The zero-order valence-electron chi connectivity index (χ0n) is 20.1. The van der Waals surface area contributed by atoms with Crippen LogP contribution in [0.2, 0.25) is 0 Å². The normalized spacial score (nSPS) is 15.2. The van der Waals surface area contributed by atoms with Gasteiger partial charge in [0.25, 0.3) is 5.91 Å². The van der Waals surface area contributed by atoms with Crippen LogP contribution >= 0.6 is 0 Å². The van der Waals surface area contributed by atoms with Crippen LogP contribution in [0.25, 0.3) is 6.08 Å². The number of amides is 2. The Hall–Kier alpha value is -3.68. The van der Waals surface area contributed by atoms with Gasteiger partial charge in [0.1, 0.15) is 0 Å². The van der Waals surface area contributed by atoms with Crippen molar-refractivity contribution in [1.29, 1.82) is 0 Å². The monoisotopic (exact) mass is 466 g/mol. The molecule has 1 aliphatic carbocycles. The van der Waals surface area contributed by atoms with Crippen LogP contribution in [-0.2, 0) is 11.2 Å². The molecule has 0 unspecified atom stereocenters. The van der Waals surface area contributed by atoms with Gasteiger partial charge in [0, 0.05) is 37.3 Å². The van der Waals surface area contributed by atoms with Gasteiger partial charge in [-0.3, -0.25) is 9.59 Å². The number of hydrogen-bond acceptors (Lipinski definition) is 6. The second-order valence-electron chi connectivity index (χ2n) is 8.23. The van der Waals surface area contributed by atoms with E-state index in [9.17, 15) is 9.59 Å². The van der Waals surface area contributed by atoms with E-state index >= 15 is 0 Å². The van der Waals surface area contributed by atoms with Crippen LogP contribution in [-0.4, -0.2) is 76.2 Å². The quantitative estimate of drug-likeness (QED) is 0.651. The molecular formula is C26H30N2O6. The number of carbonyl (C=O) groups excluding carboxylic acids is 2. The van der Waals surface area contributed by atoms with Crippen molar-refractivity contribution in [1.82, 2.24) is 9.80 Å². The molecule has 8 heteroatoms. The number of benzene rings is 2. The average molecular weight is 467 g/mol. The molecule has 8 nitrogen and oxygen atoms in total. The predicted octanol–water partition coefficient (Wildman–Crippen LogP) is 3.04. The highest BCUT2D eigenvalue weighted by Crippen LogP contribution is 2.35. The molecule has 34 heavy (non-hydrogen) atoms. The number of hydrogen-bond donors (Lipinski definition) is 0. The van der Waals surface area contributed by atoms with Crippen LogP contribution in [0.4, 0.5) is 0 Å². The van der Waals surface area contributed by atoms with Crippen molar-refractivity contribution < 1.29 is 28.5 Å². The van der Waals surface area contributed by atoms with E-state index in [0.717, 1.165) is 23.1 Å². The number of fused-ring (bicyclic) bond motifs is 1. The third kappa shape index (κ3) is 4.53. The summed E-state index contributed by atoms with van der Waals surface area (Å²) in [6, 6.07) is 9.04. The van der Waals surface area contributed by atoms with E-state index in [4.69, 9.17) is 18.9 Å². The summed E-state index contributed by atoms with van der Waals surface area (Å²) in [6.07, 6.45) is 3.39. The molecule has 0 aromatic heterocycles. The van der Waals surface area contributed by atoms with Gasteiger partial charge in [-0.25, -0.2) is 0 Å². The van der Waals surface area contributed by atoms with Gasteiger partial charge in [-0.1, -0.05) is 0 Å². The van der Waals surface area contributed by atoms with E-state index in [1.165, 1.54) is 0 Å². The molecule has 2 amide bonds. The van der Waals surface area contributed by atoms with Gasteiger partial charge in [-0.05, 0) is 60.4 Å². The number of piperazine rings is 1. The molecule has 0 atom stereocenters. The summed E-state index contributed by atoms with van der Waals surface area (Å²) in [7, 11) is 6.32. The molecule has 0 radical (unpaired) electrons. The van der Waals surface area contributed by atoms with Gasteiger partial charge < -0.3 is 28.7 Å². The number of rotatable bonds is 6. The van der Waals surface area contributed by atoms with Crippen molar-refractivity contribution in [3.05, 3.63) is 52.6 Å². The van der Waals surface area contributed by atoms with E-state index < -0.39 is 0 Å². The molecular weight excluding hydrogens is 436 g/mol. The van der Waals surface area contributed by atoms with Gasteiger partial charge in [0.05, 0.1) is 28.4 Å². The fourth-order valence-corrected chi connectivity index (χ4v) is 4.45. The molecule has 1 aliphatic heterocycles. The van der Waals surface area contributed by atoms with E-state index in [-0.39, 0.29) is 11.8 Å². The van der Waals surface area contributed by atoms with Gasteiger partial charge in [0.2, 0.25) is 5.91 Å². The molecule has 1 fully saturated rings. The van der Waals surface area contributed by atoms with Crippen molar-refractivity contribution in [3.8, 4) is 23.0 Å². The Labute approximate surface area is 199 Å². The zero-order chi connectivity index (χ0) is 24.2. The summed E-state index contributed by atoms with van der Waals surface area (Å²) in [4.78, 5) is 29.8. The highest BCUT2D eigenvalue weighted by atomic mass is 16.5. The summed E-state index contributed by atoms with van der Waals surface area (Å²) in [5, 5.41) is 0. The standard InChI is InChI=1S/C26H30N2O6/c1-31-21-8-7-19(15-22(21)32-2)26(30)28-11-9-27(10-12-28)25(29)18-6-5-17-14-23(33-3)24(34-4)16-20(17)13-18/h7-8,13-16H,5-6,9-12H2,1-4H3. The molecule has 1 heterocycles. The van der Waals surface area contributed by atoms with Crippen molar-refractivity contribution in [3.63, 3.8) is 0 Å². The summed E-state index contributed by atoms with van der Waals surface area (Å²) in [5.74, 6) is 2.38. The first-order chi connectivity index (χ1) is 16.5. The van der Waals surface area contributed by atoms with Gasteiger partial charge in [-0.2, -0.15) is 0 Å². The molecule has 2 aliphatic rings. The smallest absolute Gasteiger partial charge is 0.254 e. The van der Waals surface area contributed by atoms with E-state index in [1.807, 2.05) is 23.1 Å². The maximum Gasteiger partial charge on any atom is 0.254 e. The summed E-state index contributed by atoms with van der Waals surface area (Å²) < 4.78 is 21.4. The Bertz CT molecular complexity index is 1120. The van der Waals surface area contributed by atoms with Crippen LogP contribution in [0.5, 0.6) is 23.0 Å². The minimum absolute atomic E-state index is 0.0265. The summed E-state index contributed by atoms with van der Waals surface area (Å²) >= 11 is 0. The maximum atomic E-state index is 13.2. The minimum Gasteiger partial charge on any atom is -0.493 e. The van der Waals surface area contributed by atoms with Gasteiger partial charge in [-0.15, -0.1) is 0 Å². The molecule has 0 saturated carbocycles. The van der Waals surface area contributed by atoms with Crippen LogP contribution in [0.15, 0.2) is 35.9 Å². The molecule has 180 valence electrons. The third-order valence-electron chi connectivity index (χ3n) is 6.40. The lowest BCUT2D eigenvalue weighted by atomic mass is 9.91. The lowest BCUT2D eigenvalue weighted by molar-refractivity contribution is -0.128. The number of carbonyl (C=O) groups is 2. The van der Waals surface area contributed by atoms with Crippen molar-refractivity contribution in [2.24, 2.45) is 0 Å². The van der Waals surface area contributed by atoms with Crippen molar-refractivity contribution in [2.45, 2.75) is 12.8 Å². The number of ether oxygens (including phenoxy) is 4. The molecule has 0 N–H and O–H groups in total. The minimum atomic E-state index is -0.0834. The van der Waals surface area contributed by atoms with Crippen LogP contribution in [0, 0.1) is 0 Å². The highest BCUT2D eigenvalue weighted by molar-refractivity contribution is 5.99. The average Bonchev–Trinajstić information content (AvgIpc) is 2.90. The Kier molecular flexibility index (Phi) is 6.95. The second kappa shape index (κ2) is 10.1. The van der Waals surface area contributed by atoms with Crippen molar-refractivity contribution in [2.75, 3.05) is 54.6 Å². The van der Waals surface area contributed by atoms with Gasteiger partial charge in [0.15, 0.2) is 23.0 Å². The number of methoxy groups -OCH3 is 4. The Morgan fingerprint density at radius 2 is 1.24 bits per heavy atom. The van der Waals surface area contributed by atoms with Crippen LogP contribution in [0.3, 0.4) is 0 Å². The highest BCUT2D eigenvalue weighted by Gasteiger charge is 2.28. The first kappa shape index (κ1) is 23.5. The van der Waals surface area contributed by atoms with Crippen LogP contribution in [0.1, 0.15) is 27.9 Å². The Morgan fingerprint density at radius 1 is 0.676 bits per heavy atom. The molecule has 0 spiro atoms. The molecule has 2 aromatic carbocycles. The number of nitrogens with zero attached hydrogens (tertiary/aromatic N) is 2. The molecule has 1 saturated heterocycles. The Balaban J connectivity index is 1.42. The zero-order valence-corrected chi connectivity index (χ0v) is 20.1. The summed E-state index contributed by atoms with van der Waals surface area (Å²) in [6.45, 7) is 1.95. The SMILES string of the molecule is COc1ccc(C(=O)N2CCN(C(=O)C3=Cc4cc(OC)c(OC)cc4CC3)CC2)cc1OC. The second-order valence-corrected chi connectivity index (χ2v) is 8.23. The fraction of sp³-hybridized carbons (Fsp3) is 0.385. The first-order valence-corrected chi connectivity index (χ1v) is 11.2. The number of aryl methyl sites for hydroxylation is 1. The lowest BCUT2D eigenvalue weighted by Crippen LogP contribution is -2.51. The topological polar surface area (TPSA) is 77.5 Å². The molecule has 0 bridgehead atoms. The lowest BCUT2D eigenvalue weighted by Gasteiger charge is -2.35. The molecule has 2 aromatic rings. The summed E-state index contributed by atoms with van der Waals surface area (Å²) in [5.41, 5.74) is 3.43.